The Hall–Kier alpha value is -1.72. The second kappa shape index (κ2) is 5.95. The van der Waals surface area contributed by atoms with Crippen LogP contribution in [0.1, 0.15) is 31.9 Å². The second-order valence-electron chi connectivity index (χ2n) is 5.91. The Bertz CT molecular complexity index is 679. The molecule has 2 N–H and O–H groups in total. The largest absolute Gasteiger partial charge is 0.327 e. The highest BCUT2D eigenvalue weighted by molar-refractivity contribution is 5.38. The molecule has 0 spiro atoms. The van der Waals surface area contributed by atoms with Crippen LogP contribution in [-0.4, -0.2) is 32.9 Å². The molecule has 21 heavy (non-hydrogen) atoms. The summed E-state index contributed by atoms with van der Waals surface area (Å²) in [5.74, 6) is 0. The van der Waals surface area contributed by atoms with Gasteiger partial charge in [-0.05, 0) is 38.4 Å². The molecule has 3 heterocycles. The SMILES string of the molecule is CC(N)C1CCCCN1Cc1cc(=O)n2ccccc2n1. The fraction of sp³-hybridized carbons (Fsp3) is 0.500. The highest BCUT2D eigenvalue weighted by Gasteiger charge is 2.25. The summed E-state index contributed by atoms with van der Waals surface area (Å²) in [6.45, 7) is 3.79. The van der Waals surface area contributed by atoms with Gasteiger partial charge >= 0.3 is 0 Å². The molecule has 3 rings (SSSR count). The highest BCUT2D eigenvalue weighted by Crippen LogP contribution is 2.20. The van der Waals surface area contributed by atoms with E-state index < -0.39 is 0 Å². The molecule has 0 amide bonds. The predicted molar refractivity (Wildman–Crippen MR) is 83.2 cm³/mol. The van der Waals surface area contributed by atoms with Crippen LogP contribution in [0, 0.1) is 0 Å². The number of pyridine rings is 1. The van der Waals surface area contributed by atoms with Crippen LogP contribution in [0.4, 0.5) is 0 Å². The van der Waals surface area contributed by atoms with Crippen molar-refractivity contribution < 1.29 is 0 Å². The molecule has 2 atom stereocenters. The predicted octanol–water partition coefficient (Wildman–Crippen LogP) is 1.40. The van der Waals surface area contributed by atoms with E-state index in [1.165, 1.54) is 12.8 Å². The third kappa shape index (κ3) is 2.99. The summed E-state index contributed by atoms with van der Waals surface area (Å²) in [5.41, 5.74) is 7.62. The van der Waals surface area contributed by atoms with Crippen molar-refractivity contribution >= 4 is 5.65 Å². The lowest BCUT2D eigenvalue weighted by Gasteiger charge is -2.37. The van der Waals surface area contributed by atoms with Gasteiger partial charge in [-0.3, -0.25) is 14.1 Å². The van der Waals surface area contributed by atoms with Gasteiger partial charge in [0.05, 0.1) is 5.69 Å². The Labute approximate surface area is 124 Å². The summed E-state index contributed by atoms with van der Waals surface area (Å²) in [6, 6.07) is 7.77. The molecule has 2 aromatic rings. The maximum Gasteiger partial charge on any atom is 0.258 e. The van der Waals surface area contributed by atoms with Crippen molar-refractivity contribution in [2.24, 2.45) is 5.73 Å². The van der Waals surface area contributed by atoms with E-state index in [1.54, 1.807) is 16.7 Å². The number of likely N-dealkylation sites (tertiary alicyclic amines) is 1. The molecule has 0 bridgehead atoms. The van der Waals surface area contributed by atoms with E-state index in [2.05, 4.69) is 16.8 Å². The highest BCUT2D eigenvalue weighted by atomic mass is 16.1. The first-order valence-electron chi connectivity index (χ1n) is 7.62. The molecule has 2 aromatic heterocycles. The fourth-order valence-corrected chi connectivity index (χ4v) is 3.20. The molecule has 0 radical (unpaired) electrons. The van der Waals surface area contributed by atoms with Crippen LogP contribution >= 0.6 is 0 Å². The van der Waals surface area contributed by atoms with Gasteiger partial charge in [0.25, 0.3) is 5.56 Å². The summed E-state index contributed by atoms with van der Waals surface area (Å²) < 4.78 is 1.57. The Balaban J connectivity index is 1.88. The van der Waals surface area contributed by atoms with Gasteiger partial charge in [-0.15, -0.1) is 0 Å². The number of fused-ring (bicyclic) bond motifs is 1. The van der Waals surface area contributed by atoms with Crippen molar-refractivity contribution in [2.45, 2.75) is 44.8 Å². The molecule has 2 unspecified atom stereocenters. The molecule has 1 aliphatic rings. The van der Waals surface area contributed by atoms with Gasteiger partial charge in [-0.1, -0.05) is 12.5 Å². The van der Waals surface area contributed by atoms with E-state index in [1.807, 2.05) is 18.2 Å². The standard InChI is InChI=1S/C16H22N4O/c1-12(17)14-6-2-4-8-19(14)11-13-10-16(21)20-9-5-3-7-15(20)18-13/h3,5,7,9-10,12,14H,2,4,6,8,11,17H2,1H3. The Morgan fingerprint density at radius 2 is 2.29 bits per heavy atom. The summed E-state index contributed by atoms with van der Waals surface area (Å²) in [7, 11) is 0. The molecular weight excluding hydrogens is 264 g/mol. The van der Waals surface area contributed by atoms with Gasteiger partial charge in [0.2, 0.25) is 0 Å². The van der Waals surface area contributed by atoms with Crippen molar-refractivity contribution in [3.8, 4) is 0 Å². The Kier molecular flexibility index (Phi) is 4.03. The Morgan fingerprint density at radius 3 is 3.10 bits per heavy atom. The van der Waals surface area contributed by atoms with E-state index >= 15 is 0 Å². The van der Waals surface area contributed by atoms with E-state index in [0.717, 1.165) is 18.7 Å². The van der Waals surface area contributed by atoms with Crippen LogP contribution in [0.2, 0.25) is 0 Å². The molecule has 1 fully saturated rings. The molecule has 5 heteroatoms. The van der Waals surface area contributed by atoms with Crippen LogP contribution in [0.15, 0.2) is 35.3 Å². The maximum atomic E-state index is 12.1. The number of piperidine rings is 1. The van der Waals surface area contributed by atoms with Crippen LogP contribution in [-0.2, 0) is 6.54 Å². The Morgan fingerprint density at radius 1 is 1.43 bits per heavy atom. The lowest BCUT2D eigenvalue weighted by molar-refractivity contribution is 0.121. The van der Waals surface area contributed by atoms with Crippen molar-refractivity contribution in [2.75, 3.05) is 6.54 Å². The van der Waals surface area contributed by atoms with Gasteiger partial charge in [-0.2, -0.15) is 0 Å². The molecule has 1 saturated heterocycles. The lowest BCUT2D eigenvalue weighted by Crippen LogP contribution is -2.48. The molecule has 0 aromatic carbocycles. The zero-order chi connectivity index (χ0) is 14.8. The van der Waals surface area contributed by atoms with E-state index in [-0.39, 0.29) is 11.6 Å². The first-order chi connectivity index (χ1) is 10.1. The lowest BCUT2D eigenvalue weighted by atomic mass is 9.97. The van der Waals surface area contributed by atoms with Crippen molar-refractivity contribution in [3.05, 3.63) is 46.5 Å². The van der Waals surface area contributed by atoms with Crippen molar-refractivity contribution in [1.82, 2.24) is 14.3 Å². The van der Waals surface area contributed by atoms with Crippen molar-refractivity contribution in [1.29, 1.82) is 0 Å². The molecular formula is C16H22N4O. The van der Waals surface area contributed by atoms with Crippen LogP contribution in [0.3, 0.4) is 0 Å². The van der Waals surface area contributed by atoms with Crippen molar-refractivity contribution in [3.63, 3.8) is 0 Å². The number of nitrogens with two attached hydrogens (primary N) is 1. The minimum absolute atomic E-state index is 0.0232. The van der Waals surface area contributed by atoms with Crippen LogP contribution in [0.25, 0.3) is 5.65 Å². The van der Waals surface area contributed by atoms with Crippen LogP contribution in [0.5, 0.6) is 0 Å². The zero-order valence-electron chi connectivity index (χ0n) is 12.4. The quantitative estimate of drug-likeness (QED) is 0.926. The number of hydrogen-bond donors (Lipinski definition) is 1. The average molecular weight is 286 g/mol. The van der Waals surface area contributed by atoms with Gasteiger partial charge in [0, 0.05) is 30.9 Å². The number of aromatic nitrogens is 2. The molecule has 112 valence electrons. The third-order valence-corrected chi connectivity index (χ3v) is 4.26. The number of rotatable bonds is 3. The number of hydrogen-bond acceptors (Lipinski definition) is 4. The van der Waals surface area contributed by atoms with Gasteiger partial charge in [0.1, 0.15) is 5.65 Å². The van der Waals surface area contributed by atoms with E-state index in [0.29, 0.717) is 18.2 Å². The molecule has 0 aliphatic carbocycles. The summed E-state index contributed by atoms with van der Waals surface area (Å²) >= 11 is 0. The molecule has 0 saturated carbocycles. The molecule has 5 nitrogen and oxygen atoms in total. The smallest absolute Gasteiger partial charge is 0.258 e. The summed E-state index contributed by atoms with van der Waals surface area (Å²) in [5, 5.41) is 0. The zero-order valence-corrected chi connectivity index (χ0v) is 12.4. The van der Waals surface area contributed by atoms with Gasteiger partial charge in [0.15, 0.2) is 0 Å². The first kappa shape index (κ1) is 14.2. The van der Waals surface area contributed by atoms with Crippen LogP contribution < -0.4 is 11.3 Å². The van der Waals surface area contributed by atoms with Gasteiger partial charge < -0.3 is 5.73 Å². The minimum atomic E-state index is -0.0232. The normalized spacial score (nSPS) is 21.5. The first-order valence-corrected chi connectivity index (χ1v) is 7.62. The van der Waals surface area contributed by atoms with E-state index in [4.69, 9.17) is 5.73 Å². The monoisotopic (exact) mass is 286 g/mol. The summed E-state index contributed by atoms with van der Waals surface area (Å²) in [6.07, 6.45) is 5.30. The maximum absolute atomic E-state index is 12.1. The topological polar surface area (TPSA) is 63.6 Å². The molecule has 1 aliphatic heterocycles. The van der Waals surface area contributed by atoms with E-state index in [9.17, 15) is 4.79 Å². The van der Waals surface area contributed by atoms with Gasteiger partial charge in [-0.25, -0.2) is 4.98 Å². The average Bonchev–Trinajstić information content (AvgIpc) is 2.47. The second-order valence-corrected chi connectivity index (χ2v) is 5.91. The summed E-state index contributed by atoms with van der Waals surface area (Å²) in [4.78, 5) is 19.1. The number of nitrogens with zero attached hydrogens (tertiary/aromatic N) is 3. The fourth-order valence-electron chi connectivity index (χ4n) is 3.20. The minimum Gasteiger partial charge on any atom is -0.327 e. The third-order valence-electron chi connectivity index (χ3n) is 4.26.